The summed E-state index contributed by atoms with van der Waals surface area (Å²) in [5.74, 6) is -1.13. The van der Waals surface area contributed by atoms with Gasteiger partial charge in [0.2, 0.25) is 0 Å². The summed E-state index contributed by atoms with van der Waals surface area (Å²) >= 11 is 0. The van der Waals surface area contributed by atoms with E-state index in [1.54, 1.807) is 4.90 Å². The van der Waals surface area contributed by atoms with Gasteiger partial charge in [-0.2, -0.15) is 0 Å². The molecule has 0 N–H and O–H groups in total. The molecule has 2 nitrogen and oxygen atoms in total. The largest absolute Gasteiger partial charge is 0.378 e. The Bertz CT molecular complexity index is 304. The molecule has 1 heterocycles. The van der Waals surface area contributed by atoms with Gasteiger partial charge in [0, 0.05) is 13.1 Å². The number of ether oxygens (including phenoxy) is 1. The SMILES string of the molecule is Fc1c[c]cc(F)c1N1CCOCC1. The maximum atomic E-state index is 13.3. The fourth-order valence-corrected chi connectivity index (χ4v) is 1.53. The van der Waals surface area contributed by atoms with Crippen molar-refractivity contribution in [2.45, 2.75) is 0 Å². The van der Waals surface area contributed by atoms with Crippen molar-refractivity contribution < 1.29 is 13.5 Å². The maximum Gasteiger partial charge on any atom is 0.150 e. The Morgan fingerprint density at radius 3 is 2.29 bits per heavy atom. The van der Waals surface area contributed by atoms with Gasteiger partial charge in [0.1, 0.15) is 17.3 Å². The fraction of sp³-hybridized carbons (Fsp3) is 0.400. The normalized spacial score (nSPS) is 17.1. The van der Waals surface area contributed by atoms with Gasteiger partial charge in [0.15, 0.2) is 0 Å². The fourth-order valence-electron chi connectivity index (χ4n) is 1.53. The zero-order valence-corrected chi connectivity index (χ0v) is 7.59. The molecule has 0 aliphatic carbocycles. The number of halogens is 2. The van der Waals surface area contributed by atoms with Crippen molar-refractivity contribution in [2.24, 2.45) is 0 Å². The van der Waals surface area contributed by atoms with Crippen LogP contribution < -0.4 is 4.90 Å². The lowest BCUT2D eigenvalue weighted by Crippen LogP contribution is -2.37. The first-order valence-electron chi connectivity index (χ1n) is 4.47. The number of benzene rings is 1. The van der Waals surface area contributed by atoms with E-state index < -0.39 is 11.6 Å². The minimum atomic E-state index is -0.563. The molecule has 75 valence electrons. The molecular weight excluding hydrogens is 188 g/mol. The zero-order valence-electron chi connectivity index (χ0n) is 7.59. The number of rotatable bonds is 1. The van der Waals surface area contributed by atoms with E-state index in [1.165, 1.54) is 0 Å². The minimum Gasteiger partial charge on any atom is -0.378 e. The van der Waals surface area contributed by atoms with E-state index in [0.717, 1.165) is 12.1 Å². The summed E-state index contributed by atoms with van der Waals surface area (Å²) < 4.78 is 31.7. The van der Waals surface area contributed by atoms with E-state index >= 15 is 0 Å². The highest BCUT2D eigenvalue weighted by Gasteiger charge is 2.18. The van der Waals surface area contributed by atoms with Crippen molar-refractivity contribution in [3.63, 3.8) is 0 Å². The summed E-state index contributed by atoms with van der Waals surface area (Å²) in [4.78, 5) is 1.65. The molecule has 1 radical (unpaired) electrons. The lowest BCUT2D eigenvalue weighted by Gasteiger charge is -2.29. The molecule has 1 aromatic carbocycles. The summed E-state index contributed by atoms with van der Waals surface area (Å²) in [6, 6.07) is 4.69. The second-order valence-corrected chi connectivity index (χ2v) is 3.10. The summed E-state index contributed by atoms with van der Waals surface area (Å²) in [6.45, 7) is 2.07. The molecule has 1 aliphatic heterocycles. The molecular formula is C10H10F2NO. The Morgan fingerprint density at radius 2 is 1.71 bits per heavy atom. The van der Waals surface area contributed by atoms with Gasteiger partial charge >= 0.3 is 0 Å². The van der Waals surface area contributed by atoms with Crippen LogP contribution in [0.2, 0.25) is 0 Å². The molecule has 0 aromatic heterocycles. The highest BCUT2D eigenvalue weighted by Crippen LogP contribution is 2.23. The molecule has 1 fully saturated rings. The van der Waals surface area contributed by atoms with Gasteiger partial charge in [-0.05, 0) is 18.2 Å². The summed E-state index contributed by atoms with van der Waals surface area (Å²) in [5, 5.41) is 0. The van der Waals surface area contributed by atoms with Crippen LogP contribution in [0.5, 0.6) is 0 Å². The first-order chi connectivity index (χ1) is 6.79. The van der Waals surface area contributed by atoms with E-state index in [0.29, 0.717) is 26.3 Å². The quantitative estimate of drug-likeness (QED) is 0.679. The first-order valence-corrected chi connectivity index (χ1v) is 4.47. The van der Waals surface area contributed by atoms with Crippen molar-refractivity contribution in [1.82, 2.24) is 0 Å². The van der Waals surface area contributed by atoms with Crippen molar-refractivity contribution in [2.75, 3.05) is 31.2 Å². The van der Waals surface area contributed by atoms with Crippen LogP contribution in [0.3, 0.4) is 0 Å². The van der Waals surface area contributed by atoms with E-state index in [4.69, 9.17) is 4.74 Å². The molecule has 0 atom stereocenters. The highest BCUT2D eigenvalue weighted by molar-refractivity contribution is 5.49. The second-order valence-electron chi connectivity index (χ2n) is 3.10. The molecule has 0 saturated carbocycles. The molecule has 4 heteroatoms. The Labute approximate surface area is 81.1 Å². The van der Waals surface area contributed by atoms with Gasteiger partial charge in [-0.1, -0.05) is 0 Å². The molecule has 14 heavy (non-hydrogen) atoms. The third kappa shape index (κ3) is 1.70. The molecule has 0 bridgehead atoms. The van der Waals surface area contributed by atoms with Crippen LogP contribution in [0.25, 0.3) is 0 Å². The molecule has 0 spiro atoms. The summed E-state index contributed by atoms with van der Waals surface area (Å²) in [7, 11) is 0. The average molecular weight is 198 g/mol. The molecule has 1 aliphatic rings. The monoisotopic (exact) mass is 198 g/mol. The van der Waals surface area contributed by atoms with Crippen LogP contribution in [0, 0.1) is 17.7 Å². The topological polar surface area (TPSA) is 12.5 Å². The lowest BCUT2D eigenvalue weighted by atomic mass is 10.2. The highest BCUT2D eigenvalue weighted by atomic mass is 19.1. The van der Waals surface area contributed by atoms with Crippen molar-refractivity contribution in [1.29, 1.82) is 0 Å². The van der Waals surface area contributed by atoms with Gasteiger partial charge in [0.25, 0.3) is 0 Å². The van der Waals surface area contributed by atoms with Crippen LogP contribution in [0.15, 0.2) is 12.1 Å². The van der Waals surface area contributed by atoms with E-state index in [1.807, 2.05) is 0 Å². The van der Waals surface area contributed by atoms with Crippen LogP contribution in [0.1, 0.15) is 0 Å². The first kappa shape index (κ1) is 9.40. The summed E-state index contributed by atoms with van der Waals surface area (Å²) in [6.07, 6.45) is 0. The number of anilines is 1. The van der Waals surface area contributed by atoms with Crippen LogP contribution in [-0.2, 0) is 4.74 Å². The van der Waals surface area contributed by atoms with E-state index in [2.05, 4.69) is 6.07 Å². The summed E-state index contributed by atoms with van der Waals surface area (Å²) in [5.41, 5.74) is 0.0343. The number of hydrogen-bond acceptors (Lipinski definition) is 2. The Hall–Kier alpha value is -1.16. The maximum absolute atomic E-state index is 13.3. The predicted molar refractivity (Wildman–Crippen MR) is 48.2 cm³/mol. The molecule has 1 saturated heterocycles. The van der Waals surface area contributed by atoms with Crippen molar-refractivity contribution in [3.05, 3.63) is 29.8 Å². The smallest absolute Gasteiger partial charge is 0.150 e. The van der Waals surface area contributed by atoms with Crippen molar-refractivity contribution >= 4 is 5.69 Å². The molecule has 0 amide bonds. The van der Waals surface area contributed by atoms with Gasteiger partial charge in [0.05, 0.1) is 13.2 Å². The molecule has 0 unspecified atom stereocenters. The Kier molecular flexibility index (Phi) is 2.63. The molecule has 1 aromatic rings. The Morgan fingerprint density at radius 1 is 1.14 bits per heavy atom. The van der Waals surface area contributed by atoms with Crippen LogP contribution in [0.4, 0.5) is 14.5 Å². The van der Waals surface area contributed by atoms with E-state index in [-0.39, 0.29) is 5.69 Å². The standard InChI is InChI=1S/C10H10F2NO/c11-8-2-1-3-9(12)10(8)13-4-6-14-7-5-13/h2-3H,4-7H2. The second kappa shape index (κ2) is 3.92. The van der Waals surface area contributed by atoms with Crippen LogP contribution >= 0.6 is 0 Å². The zero-order chi connectivity index (χ0) is 9.97. The van der Waals surface area contributed by atoms with E-state index in [9.17, 15) is 8.78 Å². The third-order valence-corrected chi connectivity index (χ3v) is 2.20. The van der Waals surface area contributed by atoms with Crippen molar-refractivity contribution in [3.8, 4) is 0 Å². The molecule has 2 rings (SSSR count). The van der Waals surface area contributed by atoms with Crippen LogP contribution in [-0.4, -0.2) is 26.3 Å². The lowest BCUT2D eigenvalue weighted by molar-refractivity contribution is 0.122. The third-order valence-electron chi connectivity index (χ3n) is 2.20. The number of nitrogens with zero attached hydrogens (tertiary/aromatic N) is 1. The van der Waals surface area contributed by atoms with Gasteiger partial charge in [-0.15, -0.1) is 0 Å². The Balaban J connectivity index is 2.29. The van der Waals surface area contributed by atoms with Gasteiger partial charge in [-0.3, -0.25) is 0 Å². The van der Waals surface area contributed by atoms with Gasteiger partial charge < -0.3 is 9.64 Å². The van der Waals surface area contributed by atoms with Gasteiger partial charge in [-0.25, -0.2) is 8.78 Å². The number of morpholine rings is 1. The number of hydrogen-bond donors (Lipinski definition) is 0. The minimum absolute atomic E-state index is 0.0343. The average Bonchev–Trinajstić information content (AvgIpc) is 2.19. The predicted octanol–water partition coefficient (Wildman–Crippen LogP) is 1.60.